The summed E-state index contributed by atoms with van der Waals surface area (Å²) in [4.78, 5) is 7.19. The summed E-state index contributed by atoms with van der Waals surface area (Å²) in [5.74, 6) is 0.771. The maximum Gasteiger partial charge on any atom is 0.147 e. The van der Waals surface area contributed by atoms with Gasteiger partial charge < -0.3 is 14.4 Å². The van der Waals surface area contributed by atoms with Crippen molar-refractivity contribution in [2.24, 2.45) is 0 Å². The molecular formula is C22H21N3O2. The molecule has 1 aliphatic heterocycles. The van der Waals surface area contributed by atoms with Crippen molar-refractivity contribution in [2.75, 3.05) is 38.3 Å². The fraction of sp³-hybridized carbons (Fsp3) is 0.273. The number of morpholine rings is 1. The summed E-state index contributed by atoms with van der Waals surface area (Å²) < 4.78 is 11.1. The van der Waals surface area contributed by atoms with Crippen molar-refractivity contribution in [1.29, 1.82) is 5.26 Å². The zero-order valence-corrected chi connectivity index (χ0v) is 15.5. The highest BCUT2D eigenvalue weighted by Gasteiger charge is 2.16. The molecule has 0 saturated carbocycles. The lowest BCUT2D eigenvalue weighted by atomic mass is 10.0. The first-order valence-corrected chi connectivity index (χ1v) is 9.02. The van der Waals surface area contributed by atoms with Gasteiger partial charge in [-0.3, -0.25) is 0 Å². The molecule has 0 unspecified atom stereocenters. The van der Waals surface area contributed by atoms with Crippen LogP contribution >= 0.6 is 0 Å². The molecule has 1 fully saturated rings. The van der Waals surface area contributed by atoms with E-state index in [0.717, 1.165) is 65.5 Å². The number of aromatic nitrogens is 1. The molecule has 0 aliphatic carbocycles. The molecule has 3 aromatic rings. The predicted octanol–water partition coefficient (Wildman–Crippen LogP) is 3.93. The van der Waals surface area contributed by atoms with Crippen LogP contribution in [-0.4, -0.2) is 38.4 Å². The van der Waals surface area contributed by atoms with Gasteiger partial charge in [0, 0.05) is 35.8 Å². The van der Waals surface area contributed by atoms with Gasteiger partial charge in [0.15, 0.2) is 0 Å². The molecule has 2 heterocycles. The van der Waals surface area contributed by atoms with E-state index in [0.29, 0.717) is 5.56 Å². The summed E-state index contributed by atoms with van der Waals surface area (Å²) in [6, 6.07) is 16.0. The molecule has 136 valence electrons. The van der Waals surface area contributed by atoms with E-state index in [9.17, 15) is 0 Å². The van der Waals surface area contributed by atoms with Gasteiger partial charge in [0.05, 0.1) is 37.7 Å². The van der Waals surface area contributed by atoms with Crippen molar-refractivity contribution in [3.05, 3.63) is 53.6 Å². The van der Waals surface area contributed by atoms with Gasteiger partial charge in [-0.15, -0.1) is 0 Å². The number of methoxy groups -OCH3 is 1. The number of nitrogens with zero attached hydrogens (tertiary/aromatic N) is 3. The van der Waals surface area contributed by atoms with E-state index in [2.05, 4.69) is 36.1 Å². The molecule has 27 heavy (non-hydrogen) atoms. The Morgan fingerprint density at radius 1 is 1.11 bits per heavy atom. The van der Waals surface area contributed by atoms with Gasteiger partial charge in [-0.05, 0) is 36.8 Å². The van der Waals surface area contributed by atoms with E-state index < -0.39 is 0 Å². The largest absolute Gasteiger partial charge is 0.494 e. The number of benzene rings is 2. The second-order valence-corrected chi connectivity index (χ2v) is 6.66. The van der Waals surface area contributed by atoms with Gasteiger partial charge in [0.1, 0.15) is 11.3 Å². The van der Waals surface area contributed by atoms with E-state index in [1.54, 1.807) is 7.11 Å². The summed E-state index contributed by atoms with van der Waals surface area (Å²) in [6.45, 7) is 5.35. The average Bonchev–Trinajstić information content (AvgIpc) is 2.73. The van der Waals surface area contributed by atoms with Crippen LogP contribution in [0.2, 0.25) is 0 Å². The first kappa shape index (κ1) is 17.3. The zero-order chi connectivity index (χ0) is 18.8. The summed E-state index contributed by atoms with van der Waals surface area (Å²) in [5, 5.41) is 10.1. The van der Waals surface area contributed by atoms with Crippen LogP contribution < -0.4 is 9.64 Å². The highest BCUT2D eigenvalue weighted by atomic mass is 16.5. The van der Waals surface area contributed by atoms with E-state index in [4.69, 9.17) is 19.7 Å². The van der Waals surface area contributed by atoms with Crippen LogP contribution in [-0.2, 0) is 4.74 Å². The fourth-order valence-electron chi connectivity index (χ4n) is 3.47. The minimum Gasteiger partial charge on any atom is -0.494 e. The summed E-state index contributed by atoms with van der Waals surface area (Å²) in [7, 11) is 1.68. The number of ether oxygens (including phenoxy) is 2. The van der Waals surface area contributed by atoms with Crippen molar-refractivity contribution in [1.82, 2.24) is 4.98 Å². The second kappa shape index (κ2) is 7.26. The number of fused-ring (bicyclic) bond motifs is 1. The highest BCUT2D eigenvalue weighted by Crippen LogP contribution is 2.34. The van der Waals surface area contributed by atoms with Gasteiger partial charge >= 0.3 is 0 Å². The number of pyridine rings is 1. The van der Waals surface area contributed by atoms with Crippen molar-refractivity contribution < 1.29 is 9.47 Å². The Hall–Kier alpha value is -3.10. The van der Waals surface area contributed by atoms with Crippen LogP contribution in [0.5, 0.6) is 5.75 Å². The standard InChI is InChI=1S/C22H21N3O2/c1-15-11-20(17-5-3-16(14-23)4-6-17)24-22-19(15)12-18(13-21(22)26-2)25-7-9-27-10-8-25/h3-6,11-13H,7-10H2,1-2H3. The molecule has 2 aromatic carbocycles. The maximum absolute atomic E-state index is 8.99. The van der Waals surface area contributed by atoms with Gasteiger partial charge in [0.25, 0.3) is 0 Å². The van der Waals surface area contributed by atoms with Crippen molar-refractivity contribution in [3.63, 3.8) is 0 Å². The Labute approximate surface area is 158 Å². The van der Waals surface area contributed by atoms with Crippen molar-refractivity contribution >= 4 is 16.6 Å². The summed E-state index contributed by atoms with van der Waals surface area (Å²) >= 11 is 0. The Kier molecular flexibility index (Phi) is 4.66. The highest BCUT2D eigenvalue weighted by molar-refractivity contribution is 5.92. The van der Waals surface area contributed by atoms with Gasteiger partial charge in [0.2, 0.25) is 0 Å². The van der Waals surface area contributed by atoms with Gasteiger partial charge in [-0.25, -0.2) is 4.98 Å². The molecule has 1 aliphatic rings. The van der Waals surface area contributed by atoms with E-state index in [1.165, 1.54) is 0 Å². The van der Waals surface area contributed by atoms with Crippen LogP contribution in [0, 0.1) is 18.3 Å². The predicted molar refractivity (Wildman–Crippen MR) is 106 cm³/mol. The smallest absolute Gasteiger partial charge is 0.147 e. The zero-order valence-electron chi connectivity index (χ0n) is 15.5. The Morgan fingerprint density at radius 3 is 2.52 bits per heavy atom. The van der Waals surface area contributed by atoms with Gasteiger partial charge in [-0.2, -0.15) is 5.26 Å². The number of nitriles is 1. The Morgan fingerprint density at radius 2 is 1.85 bits per heavy atom. The van der Waals surface area contributed by atoms with Crippen LogP contribution in [0.4, 0.5) is 5.69 Å². The van der Waals surface area contributed by atoms with Crippen LogP contribution in [0.15, 0.2) is 42.5 Å². The van der Waals surface area contributed by atoms with E-state index in [-0.39, 0.29) is 0 Å². The van der Waals surface area contributed by atoms with Crippen molar-refractivity contribution in [2.45, 2.75) is 6.92 Å². The number of hydrogen-bond acceptors (Lipinski definition) is 5. The lowest BCUT2D eigenvalue weighted by Gasteiger charge is -2.29. The number of anilines is 1. The number of aryl methyl sites for hydroxylation is 1. The molecule has 0 N–H and O–H groups in total. The Balaban J connectivity index is 1.82. The molecule has 0 radical (unpaired) electrons. The molecule has 1 saturated heterocycles. The lowest BCUT2D eigenvalue weighted by molar-refractivity contribution is 0.122. The van der Waals surface area contributed by atoms with Crippen LogP contribution in [0.3, 0.4) is 0 Å². The molecule has 0 amide bonds. The minimum absolute atomic E-state index is 0.643. The molecular weight excluding hydrogens is 338 g/mol. The third kappa shape index (κ3) is 3.32. The first-order valence-electron chi connectivity index (χ1n) is 9.02. The van der Waals surface area contributed by atoms with E-state index in [1.807, 2.05) is 24.3 Å². The molecule has 5 nitrogen and oxygen atoms in total. The molecule has 0 spiro atoms. The summed E-state index contributed by atoms with van der Waals surface area (Å²) in [5.41, 5.74) is 5.64. The normalized spacial score (nSPS) is 14.2. The first-order chi connectivity index (χ1) is 13.2. The second-order valence-electron chi connectivity index (χ2n) is 6.66. The minimum atomic E-state index is 0.643. The molecule has 5 heteroatoms. The average molecular weight is 359 g/mol. The van der Waals surface area contributed by atoms with Gasteiger partial charge in [-0.1, -0.05) is 12.1 Å². The molecule has 0 bridgehead atoms. The number of hydrogen-bond donors (Lipinski definition) is 0. The SMILES string of the molecule is COc1cc(N2CCOCC2)cc2c(C)cc(-c3ccc(C#N)cc3)nc12. The molecule has 1 aromatic heterocycles. The third-order valence-electron chi connectivity index (χ3n) is 4.98. The van der Waals surface area contributed by atoms with Crippen LogP contribution in [0.1, 0.15) is 11.1 Å². The monoisotopic (exact) mass is 359 g/mol. The quantitative estimate of drug-likeness (QED) is 0.709. The lowest BCUT2D eigenvalue weighted by Crippen LogP contribution is -2.36. The Bertz CT molecular complexity index is 1020. The molecule has 4 rings (SSSR count). The fourth-order valence-corrected chi connectivity index (χ4v) is 3.47. The number of rotatable bonds is 3. The summed E-state index contributed by atoms with van der Waals surface area (Å²) in [6.07, 6.45) is 0. The third-order valence-corrected chi connectivity index (χ3v) is 4.98. The molecule has 0 atom stereocenters. The van der Waals surface area contributed by atoms with Crippen LogP contribution in [0.25, 0.3) is 22.2 Å². The van der Waals surface area contributed by atoms with E-state index >= 15 is 0 Å². The maximum atomic E-state index is 8.99. The van der Waals surface area contributed by atoms with Crippen molar-refractivity contribution in [3.8, 4) is 23.1 Å². The topological polar surface area (TPSA) is 58.4 Å².